The first-order valence-corrected chi connectivity index (χ1v) is 8.80. The molecule has 0 rings (SSSR count). The zero-order chi connectivity index (χ0) is 12.7. The summed E-state index contributed by atoms with van der Waals surface area (Å²) in [4.78, 5) is 0. The number of hydrogen-bond acceptors (Lipinski definition) is 4. The van der Waals surface area contributed by atoms with Crippen molar-refractivity contribution in [1.82, 2.24) is 0 Å². The second-order valence-corrected chi connectivity index (χ2v) is 7.48. The van der Waals surface area contributed by atoms with Gasteiger partial charge in [-0.2, -0.15) is 0 Å². The van der Waals surface area contributed by atoms with Crippen molar-refractivity contribution >= 4 is 16.6 Å². The molecule has 0 saturated carbocycles. The Balaban J connectivity index is 4.08. The molecule has 0 aliphatic heterocycles. The van der Waals surface area contributed by atoms with Gasteiger partial charge < -0.3 is 13.5 Å². The smallest absolute Gasteiger partial charge is 0.371 e. The van der Waals surface area contributed by atoms with Gasteiger partial charge in [0.25, 0.3) is 0 Å². The number of rotatable bonds is 9. The van der Waals surface area contributed by atoms with Crippen LogP contribution < -0.4 is 0 Å². The van der Waals surface area contributed by atoms with Gasteiger partial charge in [0.1, 0.15) is 0 Å². The molecule has 0 fully saturated rings. The molecule has 0 unspecified atom stereocenters. The Morgan fingerprint density at radius 3 is 2.06 bits per heavy atom. The Kier molecular flexibility index (Phi) is 7.59. The van der Waals surface area contributed by atoms with Gasteiger partial charge in [0, 0.05) is 13.2 Å². The average Bonchev–Trinajstić information content (AvgIpc) is 2.18. The molecular formula is C8H19F2O4PSi. The van der Waals surface area contributed by atoms with E-state index in [0.717, 1.165) is 7.11 Å². The summed E-state index contributed by atoms with van der Waals surface area (Å²) in [5, 5.41) is 0. The summed E-state index contributed by atoms with van der Waals surface area (Å²) in [6, 6.07) is -0.354. The topological polar surface area (TPSA) is 44.8 Å². The van der Waals surface area contributed by atoms with Crippen LogP contribution in [0.4, 0.5) is 8.22 Å². The van der Waals surface area contributed by atoms with Gasteiger partial charge >= 0.3 is 16.6 Å². The lowest BCUT2D eigenvalue weighted by Crippen LogP contribution is -2.25. The van der Waals surface area contributed by atoms with Crippen LogP contribution in [0.3, 0.4) is 0 Å². The highest BCUT2D eigenvalue weighted by molar-refractivity contribution is 7.53. The molecule has 0 bridgehead atoms. The van der Waals surface area contributed by atoms with Gasteiger partial charge in [-0.15, -0.1) is 0 Å². The summed E-state index contributed by atoms with van der Waals surface area (Å²) in [6.07, 6.45) is 0.102. The summed E-state index contributed by atoms with van der Waals surface area (Å²) in [6.45, 7) is 3.86. The first kappa shape index (κ1) is 16.2. The Bertz CT molecular complexity index is 230. The SMILES string of the molecule is CCOP(=O)(CCC[Si](F)(F)OC)OCC. The molecule has 0 amide bonds. The molecule has 0 heterocycles. The van der Waals surface area contributed by atoms with E-state index in [4.69, 9.17) is 9.05 Å². The monoisotopic (exact) mass is 276 g/mol. The molecule has 0 aliphatic rings. The van der Waals surface area contributed by atoms with E-state index < -0.39 is 16.6 Å². The van der Waals surface area contributed by atoms with Gasteiger partial charge in [0.05, 0.1) is 19.4 Å². The number of hydrogen-bond donors (Lipinski definition) is 0. The maximum Gasteiger partial charge on any atom is 0.577 e. The highest BCUT2D eigenvalue weighted by Crippen LogP contribution is 2.49. The van der Waals surface area contributed by atoms with Crippen molar-refractivity contribution in [2.75, 3.05) is 26.5 Å². The second kappa shape index (κ2) is 7.50. The molecule has 4 nitrogen and oxygen atoms in total. The fourth-order valence-corrected chi connectivity index (χ4v) is 3.90. The lowest BCUT2D eigenvalue weighted by atomic mass is 10.6. The molecule has 0 N–H and O–H groups in total. The molecule has 98 valence electrons. The van der Waals surface area contributed by atoms with Gasteiger partial charge in [-0.05, 0) is 20.3 Å². The maximum absolute atomic E-state index is 12.8. The second-order valence-electron chi connectivity index (χ2n) is 3.12. The fourth-order valence-electron chi connectivity index (χ4n) is 1.14. The van der Waals surface area contributed by atoms with E-state index in [1.165, 1.54) is 0 Å². The standard InChI is InChI=1S/C8H19F2O4PSi/c1-4-13-15(11,14-5-2)7-6-8-16(9,10)12-3/h4-8H2,1-3H3. The Morgan fingerprint density at radius 2 is 1.69 bits per heavy atom. The van der Waals surface area contributed by atoms with Gasteiger partial charge in [-0.3, -0.25) is 4.57 Å². The first-order chi connectivity index (χ1) is 7.39. The molecule has 16 heavy (non-hydrogen) atoms. The van der Waals surface area contributed by atoms with E-state index >= 15 is 0 Å². The third-order valence-corrected chi connectivity index (χ3v) is 5.55. The normalized spacial score (nSPS) is 13.1. The molecule has 0 aromatic carbocycles. The van der Waals surface area contributed by atoms with Crippen LogP contribution in [0.1, 0.15) is 20.3 Å². The molecule has 0 aromatic rings. The molecule has 8 heteroatoms. The van der Waals surface area contributed by atoms with Crippen LogP contribution in [0.25, 0.3) is 0 Å². The number of halogens is 2. The van der Waals surface area contributed by atoms with E-state index in [0.29, 0.717) is 0 Å². The maximum atomic E-state index is 12.8. The van der Waals surface area contributed by atoms with E-state index in [1.807, 2.05) is 0 Å². The van der Waals surface area contributed by atoms with Crippen molar-refractivity contribution in [2.24, 2.45) is 0 Å². The lowest BCUT2D eigenvalue weighted by Gasteiger charge is -2.17. The predicted molar refractivity (Wildman–Crippen MR) is 60.1 cm³/mol. The zero-order valence-electron chi connectivity index (χ0n) is 9.87. The van der Waals surface area contributed by atoms with Crippen LogP contribution in [0.2, 0.25) is 6.04 Å². The van der Waals surface area contributed by atoms with E-state index in [1.54, 1.807) is 13.8 Å². The van der Waals surface area contributed by atoms with Crippen LogP contribution in [-0.4, -0.2) is 35.5 Å². The van der Waals surface area contributed by atoms with Crippen molar-refractivity contribution in [3.63, 3.8) is 0 Å². The van der Waals surface area contributed by atoms with Crippen molar-refractivity contribution in [2.45, 2.75) is 26.3 Å². The summed E-state index contributed by atoms with van der Waals surface area (Å²) < 4.78 is 51.6. The van der Waals surface area contributed by atoms with E-state index in [2.05, 4.69) is 4.43 Å². The summed E-state index contributed by atoms with van der Waals surface area (Å²) in [5.41, 5.74) is 0. The highest BCUT2D eigenvalue weighted by Gasteiger charge is 2.37. The minimum Gasteiger partial charge on any atom is -0.371 e. The van der Waals surface area contributed by atoms with Crippen LogP contribution >= 0.6 is 7.60 Å². The van der Waals surface area contributed by atoms with Crippen molar-refractivity contribution in [1.29, 1.82) is 0 Å². The lowest BCUT2D eigenvalue weighted by molar-refractivity contribution is 0.219. The third-order valence-electron chi connectivity index (χ3n) is 1.85. The molecule has 0 aromatic heterocycles. The van der Waals surface area contributed by atoms with Crippen molar-refractivity contribution in [3.05, 3.63) is 0 Å². The average molecular weight is 276 g/mol. The Morgan fingerprint density at radius 1 is 1.19 bits per heavy atom. The molecule has 0 spiro atoms. The Hall–Kier alpha value is 0.187. The molecular weight excluding hydrogens is 257 g/mol. The predicted octanol–water partition coefficient (Wildman–Crippen LogP) is 3.17. The highest BCUT2D eigenvalue weighted by atomic mass is 31.2. The Labute approximate surface area is 96.3 Å². The minimum absolute atomic E-state index is 0.0145. The van der Waals surface area contributed by atoms with Gasteiger partial charge in [0.15, 0.2) is 0 Å². The van der Waals surface area contributed by atoms with Crippen LogP contribution in [0.5, 0.6) is 0 Å². The van der Waals surface area contributed by atoms with E-state index in [9.17, 15) is 12.8 Å². The van der Waals surface area contributed by atoms with Crippen LogP contribution in [-0.2, 0) is 18.0 Å². The minimum atomic E-state index is -4.56. The molecule has 0 saturated heterocycles. The zero-order valence-corrected chi connectivity index (χ0v) is 11.8. The molecule has 0 atom stereocenters. The van der Waals surface area contributed by atoms with Gasteiger partial charge in [0.2, 0.25) is 0 Å². The van der Waals surface area contributed by atoms with Crippen molar-refractivity contribution in [3.8, 4) is 0 Å². The fraction of sp³-hybridized carbons (Fsp3) is 1.00. The van der Waals surface area contributed by atoms with Crippen molar-refractivity contribution < 1.29 is 26.3 Å². The van der Waals surface area contributed by atoms with Gasteiger partial charge in [-0.25, -0.2) is 8.22 Å². The third kappa shape index (κ3) is 6.70. The first-order valence-electron chi connectivity index (χ1n) is 5.20. The quantitative estimate of drug-likeness (QED) is 0.368. The van der Waals surface area contributed by atoms with Gasteiger partial charge in [-0.1, -0.05) is 0 Å². The summed E-state index contributed by atoms with van der Waals surface area (Å²) in [7, 11) is -6.74. The molecule has 0 aliphatic carbocycles. The van der Waals surface area contributed by atoms with Crippen LogP contribution in [0.15, 0.2) is 0 Å². The van der Waals surface area contributed by atoms with E-state index in [-0.39, 0.29) is 31.8 Å². The summed E-state index contributed by atoms with van der Waals surface area (Å²) in [5.74, 6) is 0. The molecule has 0 radical (unpaired) electrons. The largest absolute Gasteiger partial charge is 0.577 e. The summed E-state index contributed by atoms with van der Waals surface area (Å²) >= 11 is 0. The van der Waals surface area contributed by atoms with Crippen LogP contribution in [0, 0.1) is 0 Å².